The van der Waals surface area contributed by atoms with Gasteiger partial charge in [0.05, 0.1) is 6.10 Å². The van der Waals surface area contributed by atoms with Crippen LogP contribution < -0.4 is 5.32 Å². The first-order chi connectivity index (χ1) is 6.34. The number of likely N-dealkylation sites (tertiary alicyclic amines) is 1. The predicted molar refractivity (Wildman–Crippen MR) is 52.7 cm³/mol. The topological polar surface area (TPSA) is 35.5 Å². The van der Waals surface area contributed by atoms with Crippen LogP contribution in [-0.4, -0.2) is 48.3 Å². The Balaban J connectivity index is 1.71. The Hall–Kier alpha value is -0.120. The quantitative estimate of drug-likeness (QED) is 0.643. The van der Waals surface area contributed by atoms with Crippen molar-refractivity contribution in [2.75, 3.05) is 26.2 Å². The molecule has 2 rings (SSSR count). The summed E-state index contributed by atoms with van der Waals surface area (Å²) in [5.41, 5.74) is 0. The van der Waals surface area contributed by atoms with Crippen LogP contribution in [0.1, 0.15) is 25.7 Å². The van der Waals surface area contributed by atoms with E-state index in [1.54, 1.807) is 0 Å². The number of rotatable bonds is 2. The van der Waals surface area contributed by atoms with Crippen LogP contribution in [0.4, 0.5) is 0 Å². The molecular weight excluding hydrogens is 164 g/mol. The second-order valence-corrected chi connectivity index (χ2v) is 4.36. The normalized spacial score (nSPS) is 36.7. The van der Waals surface area contributed by atoms with Gasteiger partial charge in [0, 0.05) is 19.1 Å². The fourth-order valence-electron chi connectivity index (χ4n) is 2.39. The molecule has 76 valence electrons. The molecule has 2 saturated heterocycles. The first-order valence-corrected chi connectivity index (χ1v) is 5.48. The van der Waals surface area contributed by atoms with Gasteiger partial charge in [-0.1, -0.05) is 6.42 Å². The van der Waals surface area contributed by atoms with Gasteiger partial charge in [-0.25, -0.2) is 0 Å². The summed E-state index contributed by atoms with van der Waals surface area (Å²) in [5.74, 6) is 0. The Morgan fingerprint density at radius 3 is 2.62 bits per heavy atom. The molecule has 13 heavy (non-hydrogen) atoms. The monoisotopic (exact) mass is 184 g/mol. The second-order valence-electron chi connectivity index (χ2n) is 4.36. The van der Waals surface area contributed by atoms with Crippen molar-refractivity contribution in [2.24, 2.45) is 0 Å². The molecule has 0 aromatic heterocycles. The van der Waals surface area contributed by atoms with E-state index in [9.17, 15) is 5.11 Å². The van der Waals surface area contributed by atoms with Crippen LogP contribution in [0.15, 0.2) is 0 Å². The third-order valence-corrected chi connectivity index (χ3v) is 3.13. The Morgan fingerprint density at radius 2 is 2.00 bits per heavy atom. The minimum atomic E-state index is -0.102. The number of piperidine rings is 1. The summed E-state index contributed by atoms with van der Waals surface area (Å²) in [6, 6.07) is 0.535. The largest absolute Gasteiger partial charge is 0.392 e. The van der Waals surface area contributed by atoms with E-state index >= 15 is 0 Å². The van der Waals surface area contributed by atoms with Crippen molar-refractivity contribution in [2.45, 2.75) is 37.8 Å². The Bertz CT molecular complexity index is 154. The fraction of sp³-hybridized carbons (Fsp3) is 1.00. The number of hydrogen-bond acceptors (Lipinski definition) is 3. The van der Waals surface area contributed by atoms with Gasteiger partial charge in [-0.05, 0) is 32.4 Å². The summed E-state index contributed by atoms with van der Waals surface area (Å²) in [6.45, 7) is 4.44. The molecule has 0 aromatic rings. The maximum atomic E-state index is 9.35. The van der Waals surface area contributed by atoms with Gasteiger partial charge < -0.3 is 15.3 Å². The molecule has 0 bridgehead atoms. The van der Waals surface area contributed by atoms with Crippen molar-refractivity contribution in [1.82, 2.24) is 10.2 Å². The standard InChI is InChI=1S/C10H20N2O/c13-10-6-9(11-7-10)8-12-4-2-1-3-5-12/h9-11,13H,1-8H2. The number of aliphatic hydroxyl groups excluding tert-OH is 1. The molecule has 2 unspecified atom stereocenters. The average Bonchev–Trinajstić information content (AvgIpc) is 2.53. The Kier molecular flexibility index (Phi) is 3.19. The lowest BCUT2D eigenvalue weighted by atomic mass is 10.1. The zero-order valence-electron chi connectivity index (χ0n) is 8.21. The van der Waals surface area contributed by atoms with Crippen molar-refractivity contribution in [1.29, 1.82) is 0 Å². The SMILES string of the molecule is OC1CNC(CN2CCCCC2)C1. The number of nitrogens with one attached hydrogen (secondary N) is 1. The van der Waals surface area contributed by atoms with Gasteiger partial charge in [-0.3, -0.25) is 0 Å². The summed E-state index contributed by atoms with van der Waals surface area (Å²) in [7, 11) is 0. The lowest BCUT2D eigenvalue weighted by Crippen LogP contribution is -2.40. The molecule has 0 saturated carbocycles. The van der Waals surface area contributed by atoms with E-state index in [-0.39, 0.29) is 6.10 Å². The van der Waals surface area contributed by atoms with E-state index in [1.807, 2.05) is 0 Å². The lowest BCUT2D eigenvalue weighted by molar-refractivity contribution is 0.180. The summed E-state index contributed by atoms with van der Waals surface area (Å²) in [6.07, 6.45) is 4.95. The molecule has 2 N–H and O–H groups in total. The molecule has 3 heteroatoms. The molecule has 0 amide bonds. The Labute approximate surface area is 80.1 Å². The van der Waals surface area contributed by atoms with Gasteiger partial charge >= 0.3 is 0 Å². The van der Waals surface area contributed by atoms with Crippen LogP contribution in [0.2, 0.25) is 0 Å². The highest BCUT2D eigenvalue weighted by Gasteiger charge is 2.24. The first-order valence-electron chi connectivity index (χ1n) is 5.48. The second kappa shape index (κ2) is 4.40. The zero-order valence-corrected chi connectivity index (χ0v) is 8.21. The molecule has 2 aliphatic heterocycles. The minimum Gasteiger partial charge on any atom is -0.392 e. The highest BCUT2D eigenvalue weighted by molar-refractivity contribution is 4.84. The van der Waals surface area contributed by atoms with Crippen molar-refractivity contribution in [3.63, 3.8) is 0 Å². The molecule has 2 atom stereocenters. The molecule has 2 heterocycles. The number of aliphatic hydroxyl groups is 1. The fourth-order valence-corrected chi connectivity index (χ4v) is 2.39. The van der Waals surface area contributed by atoms with Gasteiger partial charge in [-0.2, -0.15) is 0 Å². The molecule has 2 fully saturated rings. The molecule has 0 radical (unpaired) electrons. The van der Waals surface area contributed by atoms with Crippen molar-refractivity contribution in [3.8, 4) is 0 Å². The van der Waals surface area contributed by atoms with Crippen LogP contribution in [0.25, 0.3) is 0 Å². The van der Waals surface area contributed by atoms with E-state index in [4.69, 9.17) is 0 Å². The molecule has 0 aromatic carbocycles. The molecular formula is C10H20N2O. The van der Waals surface area contributed by atoms with Crippen molar-refractivity contribution >= 4 is 0 Å². The third kappa shape index (κ3) is 2.66. The first kappa shape index (κ1) is 9.44. The van der Waals surface area contributed by atoms with Gasteiger partial charge in [0.2, 0.25) is 0 Å². The van der Waals surface area contributed by atoms with Crippen LogP contribution in [0.3, 0.4) is 0 Å². The maximum Gasteiger partial charge on any atom is 0.0680 e. The lowest BCUT2D eigenvalue weighted by Gasteiger charge is -2.28. The Morgan fingerprint density at radius 1 is 1.23 bits per heavy atom. The van der Waals surface area contributed by atoms with E-state index in [0.717, 1.165) is 19.5 Å². The van der Waals surface area contributed by atoms with Crippen LogP contribution >= 0.6 is 0 Å². The van der Waals surface area contributed by atoms with E-state index in [1.165, 1.54) is 32.4 Å². The summed E-state index contributed by atoms with van der Waals surface area (Å²) in [4.78, 5) is 2.53. The zero-order chi connectivity index (χ0) is 9.10. The van der Waals surface area contributed by atoms with E-state index in [0.29, 0.717) is 6.04 Å². The van der Waals surface area contributed by atoms with Crippen LogP contribution in [0.5, 0.6) is 0 Å². The van der Waals surface area contributed by atoms with Gasteiger partial charge in [0.1, 0.15) is 0 Å². The summed E-state index contributed by atoms with van der Waals surface area (Å²) >= 11 is 0. The predicted octanol–water partition coefficient (Wildman–Crippen LogP) is 0.195. The smallest absolute Gasteiger partial charge is 0.0680 e. The van der Waals surface area contributed by atoms with E-state index in [2.05, 4.69) is 10.2 Å². The molecule has 3 nitrogen and oxygen atoms in total. The maximum absolute atomic E-state index is 9.35. The average molecular weight is 184 g/mol. The third-order valence-electron chi connectivity index (χ3n) is 3.13. The molecule has 0 spiro atoms. The molecule has 0 aliphatic carbocycles. The number of β-amino-alcohol motifs (C(OH)–C–C–N with tert-alkyl or cyclic N) is 1. The highest BCUT2D eigenvalue weighted by Crippen LogP contribution is 2.12. The van der Waals surface area contributed by atoms with Crippen molar-refractivity contribution in [3.05, 3.63) is 0 Å². The van der Waals surface area contributed by atoms with Gasteiger partial charge in [0.25, 0.3) is 0 Å². The van der Waals surface area contributed by atoms with E-state index < -0.39 is 0 Å². The minimum absolute atomic E-state index is 0.102. The van der Waals surface area contributed by atoms with Crippen molar-refractivity contribution < 1.29 is 5.11 Å². The number of hydrogen-bond donors (Lipinski definition) is 2. The van der Waals surface area contributed by atoms with Gasteiger partial charge in [0.15, 0.2) is 0 Å². The summed E-state index contributed by atoms with van der Waals surface area (Å²) < 4.78 is 0. The molecule has 2 aliphatic rings. The van der Waals surface area contributed by atoms with Gasteiger partial charge in [-0.15, -0.1) is 0 Å². The summed E-state index contributed by atoms with van der Waals surface area (Å²) in [5, 5.41) is 12.7. The number of nitrogens with zero attached hydrogens (tertiary/aromatic N) is 1. The highest BCUT2D eigenvalue weighted by atomic mass is 16.3. The van der Waals surface area contributed by atoms with Crippen LogP contribution in [-0.2, 0) is 0 Å². The van der Waals surface area contributed by atoms with Crippen LogP contribution in [0, 0.1) is 0 Å².